The lowest BCUT2D eigenvalue weighted by molar-refractivity contribution is -0.250. The first kappa shape index (κ1) is 68.9. The summed E-state index contributed by atoms with van der Waals surface area (Å²) in [6.07, 6.45) is -8.04. The number of carbonyl (C=O) groups is 6. The summed E-state index contributed by atoms with van der Waals surface area (Å²) in [5, 5.41) is -2.15. The van der Waals surface area contributed by atoms with E-state index in [2.05, 4.69) is 15.0 Å². The SMILES string of the molecule is CC(=O)OC1OC(Sc2c(Cl)nc(SC(Oc3nc(Cl)c(SC4OC(OC(C)=O)C(OC(C)=O)C(C)C4C)c(Cl)c3Cl)Oc3nc(Cl)c(SC4OC(C)C(OC(C)=O)C(OC(C)=O)C4OC(C)=O)c(Cl)c3Cl)c(Cl)c2Cl)C(C)C(C)C1C. The van der Waals surface area contributed by atoms with Gasteiger partial charge in [0.15, 0.2) is 24.4 Å². The number of hydrogen-bond donors (Lipinski definition) is 0. The van der Waals surface area contributed by atoms with E-state index < -0.39 is 119 Å². The van der Waals surface area contributed by atoms with Crippen molar-refractivity contribution >= 4 is 187 Å². The van der Waals surface area contributed by atoms with Crippen LogP contribution in [0.4, 0.5) is 0 Å². The zero-order valence-electron chi connectivity index (χ0n) is 45.1. The van der Waals surface area contributed by atoms with Crippen molar-refractivity contribution in [1.82, 2.24) is 15.0 Å². The predicted octanol–water partition coefficient (Wildman–Crippen LogP) is 13.7. The van der Waals surface area contributed by atoms with Gasteiger partial charge in [0.25, 0.3) is 5.62 Å². The lowest BCUT2D eigenvalue weighted by Gasteiger charge is -2.43. The van der Waals surface area contributed by atoms with Crippen molar-refractivity contribution in [2.24, 2.45) is 29.6 Å². The average Bonchev–Trinajstić information content (AvgIpc) is 3.46. The Morgan fingerprint density at radius 2 is 0.780 bits per heavy atom. The van der Waals surface area contributed by atoms with E-state index in [0.29, 0.717) is 11.8 Å². The van der Waals surface area contributed by atoms with Crippen LogP contribution in [0.25, 0.3) is 0 Å². The summed E-state index contributed by atoms with van der Waals surface area (Å²) in [4.78, 5) is 86.7. The number of aromatic nitrogens is 3. The fourth-order valence-corrected chi connectivity index (χ4v) is 15.7. The predicted molar refractivity (Wildman–Crippen MR) is 309 cm³/mol. The third-order valence-corrected chi connectivity index (χ3v) is 21.9. The van der Waals surface area contributed by atoms with Gasteiger partial charge in [-0.05, 0) is 36.4 Å². The standard InChI is InChI=1S/C49H52Cl9N3O17S4/c1-13-15(3)44(73-23(11)66)77-46(16(13)4)80-37-27(52)30(55)43(61-40(37)58)82-49(75-41-28(53)25(50)35(38(56)59-41)79-47-17(5)14(2)31(69-19(7)62)45(78-47)74-24(12)67)76-42-29(54)26(51)36(39(57)60-42)81-48-34(72-22(10)65)33(71-21(9)64)32(18(6)68-48)70-20(8)63/h13-18,31-34,44-49H,1-12H3. The number of ether oxygens (including phenoxy) is 11. The second kappa shape index (κ2) is 29.6. The average molecular weight is 1400 g/mol. The molecule has 0 aliphatic carbocycles. The van der Waals surface area contributed by atoms with Crippen LogP contribution in [-0.2, 0) is 71.4 Å². The molecule has 0 spiro atoms. The molecule has 0 amide bonds. The molecule has 3 saturated heterocycles. The molecule has 3 aromatic rings. The van der Waals surface area contributed by atoms with Crippen LogP contribution in [-0.4, -0.2) is 116 Å². The Kier molecular flexibility index (Phi) is 24.9. The Morgan fingerprint density at radius 1 is 0.402 bits per heavy atom. The summed E-state index contributed by atoms with van der Waals surface area (Å²) in [7, 11) is 0. The van der Waals surface area contributed by atoms with Crippen LogP contribution in [0.3, 0.4) is 0 Å². The molecule has 3 aliphatic heterocycles. The molecule has 0 N–H and O–H groups in total. The lowest BCUT2D eigenvalue weighted by Crippen LogP contribution is -2.59. The summed E-state index contributed by atoms with van der Waals surface area (Å²) in [5.74, 6) is -6.06. The quantitative estimate of drug-likeness (QED) is 0.0378. The Morgan fingerprint density at radius 3 is 1.26 bits per heavy atom. The normalized spacial score (nSPS) is 28.5. The number of esters is 6. The van der Waals surface area contributed by atoms with E-state index in [4.69, 9.17) is 157 Å². The molecule has 16 unspecified atom stereocenters. The van der Waals surface area contributed by atoms with Gasteiger partial charge in [-0.2, -0.15) is 9.97 Å². The topological polar surface area (TPSA) is 243 Å². The van der Waals surface area contributed by atoms with Crippen molar-refractivity contribution in [3.63, 3.8) is 0 Å². The van der Waals surface area contributed by atoms with Crippen LogP contribution in [0.5, 0.6) is 11.8 Å². The van der Waals surface area contributed by atoms with Crippen molar-refractivity contribution in [2.75, 3.05) is 0 Å². The number of thioether (sulfide) groups is 4. The van der Waals surface area contributed by atoms with Gasteiger partial charge in [0.1, 0.15) is 46.8 Å². The van der Waals surface area contributed by atoms with E-state index in [0.717, 1.165) is 56.1 Å². The van der Waals surface area contributed by atoms with Crippen LogP contribution in [0.2, 0.25) is 45.6 Å². The summed E-state index contributed by atoms with van der Waals surface area (Å²) in [6.45, 7) is 18.1. The first-order chi connectivity index (χ1) is 38.3. The molecule has 0 aromatic carbocycles. The van der Waals surface area contributed by atoms with Crippen molar-refractivity contribution in [1.29, 1.82) is 0 Å². The van der Waals surface area contributed by atoms with E-state index >= 15 is 0 Å². The molecule has 0 saturated carbocycles. The fourth-order valence-electron chi connectivity index (χ4n) is 8.38. The maximum Gasteiger partial charge on any atom is 0.305 e. The molecule has 0 radical (unpaired) electrons. The molecular weight excluding hydrogens is 1350 g/mol. The van der Waals surface area contributed by atoms with Crippen LogP contribution < -0.4 is 9.47 Å². The second-order valence-corrected chi connectivity index (χ2v) is 26.4. The fraction of sp³-hybridized carbons (Fsp3) is 0.571. The third kappa shape index (κ3) is 16.7. The maximum atomic E-state index is 12.5. The first-order valence-corrected chi connectivity index (χ1v) is 31.3. The molecule has 6 rings (SSSR count). The highest BCUT2D eigenvalue weighted by atomic mass is 35.5. The van der Waals surface area contributed by atoms with E-state index in [1.54, 1.807) is 13.8 Å². The summed E-state index contributed by atoms with van der Waals surface area (Å²) in [6, 6.07) is 0. The lowest BCUT2D eigenvalue weighted by atomic mass is 9.83. The zero-order chi connectivity index (χ0) is 61.1. The molecule has 6 heterocycles. The molecule has 0 bridgehead atoms. The van der Waals surface area contributed by atoms with Crippen molar-refractivity contribution in [3.8, 4) is 11.8 Å². The molecule has 20 nitrogen and oxygen atoms in total. The molecule has 3 aromatic heterocycles. The molecule has 82 heavy (non-hydrogen) atoms. The Balaban J connectivity index is 1.38. The number of nitrogens with zero attached hydrogens (tertiary/aromatic N) is 3. The molecule has 16 atom stereocenters. The van der Waals surface area contributed by atoms with Gasteiger partial charge in [-0.3, -0.25) is 28.8 Å². The minimum atomic E-state index is -1.75. The molecule has 3 fully saturated rings. The smallest absolute Gasteiger partial charge is 0.305 e. The van der Waals surface area contributed by atoms with E-state index in [-0.39, 0.29) is 89.0 Å². The Bertz CT molecular complexity index is 2950. The monoisotopic (exact) mass is 1400 g/mol. The highest BCUT2D eigenvalue weighted by Crippen LogP contribution is 2.53. The molecule has 33 heteroatoms. The largest absolute Gasteiger partial charge is 0.456 e. The summed E-state index contributed by atoms with van der Waals surface area (Å²) >= 11 is 65.9. The highest BCUT2D eigenvalue weighted by molar-refractivity contribution is 8.00. The maximum absolute atomic E-state index is 12.5. The van der Waals surface area contributed by atoms with Crippen molar-refractivity contribution in [3.05, 3.63) is 45.6 Å². The van der Waals surface area contributed by atoms with Gasteiger partial charge in [-0.25, -0.2) is 4.98 Å². The van der Waals surface area contributed by atoms with Crippen molar-refractivity contribution in [2.45, 2.75) is 168 Å². The molecular formula is C49H52Cl9N3O17S4. The van der Waals surface area contributed by atoms with E-state index in [1.165, 1.54) is 20.8 Å². The van der Waals surface area contributed by atoms with Crippen LogP contribution in [0.15, 0.2) is 19.7 Å². The second-order valence-electron chi connectivity index (χ2n) is 18.8. The molecule has 452 valence electrons. The number of rotatable bonds is 18. The third-order valence-electron chi connectivity index (χ3n) is 12.8. The van der Waals surface area contributed by atoms with E-state index in [9.17, 15) is 28.8 Å². The van der Waals surface area contributed by atoms with Gasteiger partial charge in [0, 0.05) is 53.4 Å². The molecule has 3 aliphatic rings. The Labute approximate surface area is 533 Å². The van der Waals surface area contributed by atoms with Gasteiger partial charge < -0.3 is 52.1 Å². The zero-order valence-corrected chi connectivity index (χ0v) is 55.1. The minimum absolute atomic E-state index is 0.0174. The van der Waals surface area contributed by atoms with Crippen LogP contribution >= 0.6 is 151 Å². The Hall–Kier alpha value is -2.24. The summed E-state index contributed by atoms with van der Waals surface area (Å²) in [5.41, 5.74) is -4.45. The first-order valence-electron chi connectivity index (χ1n) is 24.4. The summed E-state index contributed by atoms with van der Waals surface area (Å²) < 4.78 is 64.1. The minimum Gasteiger partial charge on any atom is -0.456 e. The van der Waals surface area contributed by atoms with Crippen LogP contribution in [0, 0.1) is 29.6 Å². The number of halogens is 9. The number of carbonyl (C=O) groups excluding carboxylic acids is 6. The van der Waals surface area contributed by atoms with Crippen molar-refractivity contribution < 1.29 is 80.9 Å². The van der Waals surface area contributed by atoms with Gasteiger partial charge in [0.05, 0.1) is 40.9 Å². The van der Waals surface area contributed by atoms with Crippen LogP contribution in [0.1, 0.15) is 83.1 Å². The number of pyridine rings is 3. The van der Waals surface area contributed by atoms with E-state index in [1.807, 2.05) is 27.7 Å². The van der Waals surface area contributed by atoms with Gasteiger partial charge >= 0.3 is 35.8 Å². The number of hydrogen-bond acceptors (Lipinski definition) is 24. The van der Waals surface area contributed by atoms with Gasteiger partial charge in [-0.1, -0.05) is 174 Å². The highest BCUT2D eigenvalue weighted by Gasteiger charge is 2.52. The van der Waals surface area contributed by atoms with Gasteiger partial charge in [0.2, 0.25) is 24.3 Å². The van der Waals surface area contributed by atoms with Gasteiger partial charge in [-0.15, -0.1) is 0 Å².